The zero-order valence-corrected chi connectivity index (χ0v) is 16.9. The molecule has 150 valence electrons. The molecule has 0 unspecified atom stereocenters. The van der Waals surface area contributed by atoms with Crippen molar-refractivity contribution in [1.29, 1.82) is 0 Å². The van der Waals surface area contributed by atoms with Gasteiger partial charge in [0.15, 0.2) is 11.5 Å². The van der Waals surface area contributed by atoms with Crippen LogP contribution >= 0.6 is 0 Å². The van der Waals surface area contributed by atoms with Crippen molar-refractivity contribution in [2.24, 2.45) is 0 Å². The van der Waals surface area contributed by atoms with Gasteiger partial charge in [-0.25, -0.2) is 9.97 Å². The molecule has 2 N–H and O–H groups in total. The Hall–Kier alpha value is -4.39. The van der Waals surface area contributed by atoms with Crippen LogP contribution in [0.2, 0.25) is 0 Å². The van der Waals surface area contributed by atoms with Crippen LogP contribution < -0.4 is 0 Å². The van der Waals surface area contributed by atoms with E-state index >= 15 is 0 Å². The van der Waals surface area contributed by atoms with Crippen molar-refractivity contribution in [3.63, 3.8) is 0 Å². The van der Waals surface area contributed by atoms with Crippen molar-refractivity contribution in [3.05, 3.63) is 85.5 Å². The van der Waals surface area contributed by atoms with Crippen LogP contribution in [0.1, 0.15) is 12.6 Å². The normalized spacial score (nSPS) is 12.2. The van der Waals surface area contributed by atoms with Crippen LogP contribution in [0.3, 0.4) is 0 Å². The van der Waals surface area contributed by atoms with E-state index in [-0.39, 0.29) is 0 Å². The smallest absolute Gasteiger partial charge is 0.161 e. The summed E-state index contributed by atoms with van der Waals surface area (Å²) in [6.07, 6.45) is 12.9. The highest BCUT2D eigenvalue weighted by molar-refractivity contribution is 5.94. The van der Waals surface area contributed by atoms with Gasteiger partial charge in [0, 0.05) is 24.2 Å². The van der Waals surface area contributed by atoms with Gasteiger partial charge in [0.2, 0.25) is 0 Å². The monoisotopic (exact) mass is 405 g/mol. The number of allylic oxidation sites excluding steroid dienone is 5. The van der Waals surface area contributed by atoms with Crippen LogP contribution in [0.5, 0.6) is 0 Å². The van der Waals surface area contributed by atoms with E-state index in [4.69, 9.17) is 9.97 Å². The second kappa shape index (κ2) is 7.79. The molecule has 0 aliphatic heterocycles. The van der Waals surface area contributed by atoms with Crippen LogP contribution in [0, 0.1) is 0 Å². The molecular weight excluding hydrogens is 386 g/mol. The summed E-state index contributed by atoms with van der Waals surface area (Å²) in [7, 11) is 0. The van der Waals surface area contributed by atoms with E-state index < -0.39 is 0 Å². The summed E-state index contributed by atoms with van der Waals surface area (Å²) in [5, 5.41) is 7.54. The zero-order chi connectivity index (χ0) is 21.2. The fourth-order valence-electron chi connectivity index (χ4n) is 3.49. The molecule has 0 radical (unpaired) electrons. The SMILES string of the molecule is C=C/C=C\C(=C/C)c1ccc2[nH]nc(-c3nc4c(-c5cccnc5)nccc4[nH]3)c2n1. The summed E-state index contributed by atoms with van der Waals surface area (Å²) in [6, 6.07) is 9.70. The van der Waals surface area contributed by atoms with Crippen molar-refractivity contribution >= 4 is 27.6 Å². The molecule has 0 spiro atoms. The lowest BCUT2D eigenvalue weighted by Gasteiger charge is -2.01. The maximum Gasteiger partial charge on any atom is 0.161 e. The van der Waals surface area contributed by atoms with Crippen LogP contribution in [0.15, 0.2) is 79.8 Å². The molecule has 0 fully saturated rings. The number of aromatic amines is 2. The van der Waals surface area contributed by atoms with E-state index in [0.717, 1.165) is 44.6 Å². The maximum atomic E-state index is 4.85. The number of H-pyrrole nitrogens is 2. The highest BCUT2D eigenvalue weighted by Gasteiger charge is 2.17. The largest absolute Gasteiger partial charge is 0.336 e. The second-order valence-electron chi connectivity index (χ2n) is 6.89. The predicted octanol–water partition coefficient (Wildman–Crippen LogP) is 5.10. The third-order valence-corrected chi connectivity index (χ3v) is 4.99. The number of aromatic nitrogens is 7. The third kappa shape index (κ3) is 3.32. The van der Waals surface area contributed by atoms with Gasteiger partial charge >= 0.3 is 0 Å². The minimum absolute atomic E-state index is 0.632. The van der Waals surface area contributed by atoms with Crippen LogP contribution in [-0.2, 0) is 0 Å². The number of nitrogens with one attached hydrogen (secondary N) is 2. The Morgan fingerprint density at radius 2 is 1.90 bits per heavy atom. The lowest BCUT2D eigenvalue weighted by molar-refractivity contribution is 1.10. The quantitative estimate of drug-likeness (QED) is 0.396. The Balaban J connectivity index is 1.65. The molecule has 7 heteroatoms. The molecule has 0 saturated heterocycles. The van der Waals surface area contributed by atoms with Gasteiger partial charge < -0.3 is 4.98 Å². The summed E-state index contributed by atoms with van der Waals surface area (Å²) >= 11 is 0. The van der Waals surface area contributed by atoms with Gasteiger partial charge in [-0.05, 0) is 42.8 Å². The lowest BCUT2D eigenvalue weighted by Crippen LogP contribution is -1.89. The average molecular weight is 405 g/mol. The highest BCUT2D eigenvalue weighted by Crippen LogP contribution is 2.30. The van der Waals surface area contributed by atoms with Crippen LogP contribution in [-0.4, -0.2) is 35.1 Å². The molecule has 0 aromatic carbocycles. The van der Waals surface area contributed by atoms with E-state index in [9.17, 15) is 0 Å². The van der Waals surface area contributed by atoms with Crippen LogP contribution in [0.4, 0.5) is 0 Å². The number of imidazole rings is 1. The van der Waals surface area contributed by atoms with Gasteiger partial charge in [-0.1, -0.05) is 30.9 Å². The molecule has 0 amide bonds. The third-order valence-electron chi connectivity index (χ3n) is 4.99. The van der Waals surface area contributed by atoms with Crippen molar-refractivity contribution in [2.75, 3.05) is 0 Å². The summed E-state index contributed by atoms with van der Waals surface area (Å²) < 4.78 is 0. The summed E-state index contributed by atoms with van der Waals surface area (Å²) in [4.78, 5) is 21.8. The van der Waals surface area contributed by atoms with Gasteiger partial charge in [-0.15, -0.1) is 0 Å². The first-order chi connectivity index (χ1) is 15.3. The standard InChI is InChI=1S/C24H19N7/c1-3-5-7-15(4-2)17-9-10-19-22(27-17)23(31-30-19)24-28-18-11-13-26-20(21(18)29-24)16-8-6-12-25-14-16/h3-14H,1H2,2H3,(H,28,29)(H,30,31)/b7-5-,15-4+. The molecule has 0 aliphatic rings. The van der Waals surface area contributed by atoms with Crippen molar-refractivity contribution in [2.45, 2.75) is 6.92 Å². The van der Waals surface area contributed by atoms with E-state index in [0.29, 0.717) is 11.5 Å². The number of fused-ring (bicyclic) bond motifs is 2. The van der Waals surface area contributed by atoms with Crippen LogP contribution in [0.25, 0.3) is 50.4 Å². The van der Waals surface area contributed by atoms with E-state index in [2.05, 4.69) is 31.7 Å². The highest BCUT2D eigenvalue weighted by atomic mass is 15.1. The molecule has 7 nitrogen and oxygen atoms in total. The Morgan fingerprint density at radius 3 is 2.71 bits per heavy atom. The summed E-state index contributed by atoms with van der Waals surface area (Å²) in [6.45, 7) is 5.72. The zero-order valence-electron chi connectivity index (χ0n) is 16.9. The Bertz CT molecular complexity index is 1460. The molecule has 0 bridgehead atoms. The Kier molecular flexibility index (Phi) is 4.68. The van der Waals surface area contributed by atoms with Crippen molar-refractivity contribution in [1.82, 2.24) is 35.1 Å². The first-order valence-corrected chi connectivity index (χ1v) is 9.85. The molecule has 5 aromatic rings. The predicted molar refractivity (Wildman–Crippen MR) is 123 cm³/mol. The van der Waals surface area contributed by atoms with E-state index in [1.165, 1.54) is 0 Å². The number of pyridine rings is 3. The average Bonchev–Trinajstić information content (AvgIpc) is 3.43. The first kappa shape index (κ1) is 18.6. The summed E-state index contributed by atoms with van der Waals surface area (Å²) in [5.41, 5.74) is 7.42. The van der Waals surface area contributed by atoms with E-state index in [1.807, 2.05) is 55.5 Å². The number of rotatable bonds is 5. The first-order valence-electron chi connectivity index (χ1n) is 9.85. The molecule has 5 rings (SSSR count). The number of hydrogen-bond acceptors (Lipinski definition) is 5. The fourth-order valence-corrected chi connectivity index (χ4v) is 3.49. The fraction of sp³-hybridized carbons (Fsp3) is 0.0417. The maximum absolute atomic E-state index is 4.85. The summed E-state index contributed by atoms with van der Waals surface area (Å²) in [5.74, 6) is 0.632. The molecular formula is C24H19N7. The van der Waals surface area contributed by atoms with Crippen molar-refractivity contribution < 1.29 is 0 Å². The van der Waals surface area contributed by atoms with Crippen molar-refractivity contribution in [3.8, 4) is 22.8 Å². The molecule has 0 saturated carbocycles. The topological polar surface area (TPSA) is 96.0 Å². The molecule has 31 heavy (non-hydrogen) atoms. The van der Waals surface area contributed by atoms with Gasteiger partial charge in [-0.2, -0.15) is 5.10 Å². The van der Waals surface area contributed by atoms with E-state index in [1.54, 1.807) is 24.7 Å². The minimum Gasteiger partial charge on any atom is -0.336 e. The molecule has 5 heterocycles. The molecule has 5 aromatic heterocycles. The van der Waals surface area contributed by atoms with Gasteiger partial charge in [-0.3, -0.25) is 15.1 Å². The van der Waals surface area contributed by atoms with Gasteiger partial charge in [0.05, 0.1) is 22.4 Å². The second-order valence-corrected chi connectivity index (χ2v) is 6.89. The van der Waals surface area contributed by atoms with Gasteiger partial charge in [0.1, 0.15) is 11.0 Å². The van der Waals surface area contributed by atoms with Gasteiger partial charge in [0.25, 0.3) is 0 Å². The lowest BCUT2D eigenvalue weighted by atomic mass is 10.1. The minimum atomic E-state index is 0.632. The molecule has 0 aliphatic carbocycles. The Labute approximate surface area is 178 Å². The number of hydrogen-bond donors (Lipinski definition) is 2. The Morgan fingerprint density at radius 1 is 1.00 bits per heavy atom. The number of nitrogens with zero attached hydrogens (tertiary/aromatic N) is 5. The molecule has 0 atom stereocenters.